The van der Waals surface area contributed by atoms with Crippen LogP contribution in [0.3, 0.4) is 0 Å². The molecule has 0 unspecified atom stereocenters. The summed E-state index contributed by atoms with van der Waals surface area (Å²) in [4.78, 5) is 11.7. The quantitative estimate of drug-likeness (QED) is 0.362. The number of hydrogen-bond donors (Lipinski definition) is 2. The van der Waals surface area contributed by atoms with Crippen molar-refractivity contribution in [1.29, 1.82) is 5.26 Å². The molecule has 0 atom stereocenters. The Morgan fingerprint density at radius 1 is 1.40 bits per heavy atom. The molecule has 1 amide bonds. The van der Waals surface area contributed by atoms with Gasteiger partial charge in [-0.2, -0.15) is 5.26 Å². The van der Waals surface area contributed by atoms with Crippen LogP contribution in [0, 0.1) is 11.3 Å². The standard InChI is InChI=1S/C13H12Cl3N3O/c14-4-1-5-18-13(20)9(7-17)8-19-12-6-10(15)2-3-11(12)16/h2-3,6,8,19H,1,4-5H2,(H,18,20)/b9-8-. The molecule has 0 heterocycles. The van der Waals surface area contributed by atoms with Crippen LogP contribution in [0.15, 0.2) is 30.0 Å². The van der Waals surface area contributed by atoms with E-state index < -0.39 is 5.91 Å². The number of rotatable bonds is 6. The van der Waals surface area contributed by atoms with Crippen molar-refractivity contribution in [3.05, 3.63) is 40.0 Å². The average molecular weight is 333 g/mol. The van der Waals surface area contributed by atoms with Gasteiger partial charge in [0.1, 0.15) is 11.6 Å². The second kappa shape index (κ2) is 8.70. The number of amides is 1. The predicted molar refractivity (Wildman–Crippen MR) is 82.1 cm³/mol. The summed E-state index contributed by atoms with van der Waals surface area (Å²) in [5.74, 6) is -0.0225. The fourth-order valence-electron chi connectivity index (χ4n) is 1.27. The Morgan fingerprint density at radius 3 is 2.80 bits per heavy atom. The maximum atomic E-state index is 11.7. The van der Waals surface area contributed by atoms with Gasteiger partial charge in [-0.3, -0.25) is 4.79 Å². The molecule has 1 aromatic carbocycles. The minimum Gasteiger partial charge on any atom is -0.359 e. The second-order valence-corrected chi connectivity index (χ2v) is 4.96. The molecule has 0 aliphatic rings. The van der Waals surface area contributed by atoms with Gasteiger partial charge in [0, 0.05) is 23.6 Å². The van der Waals surface area contributed by atoms with Crippen LogP contribution in [0.4, 0.5) is 5.69 Å². The third-order valence-corrected chi connectivity index (χ3v) is 3.09. The van der Waals surface area contributed by atoms with E-state index in [1.165, 1.54) is 6.20 Å². The number of carbonyl (C=O) groups excluding carboxylic acids is 1. The molecule has 0 aromatic heterocycles. The van der Waals surface area contributed by atoms with E-state index in [9.17, 15) is 4.79 Å². The number of nitrogens with one attached hydrogen (secondary N) is 2. The van der Waals surface area contributed by atoms with E-state index >= 15 is 0 Å². The molecule has 0 aliphatic heterocycles. The van der Waals surface area contributed by atoms with Crippen molar-refractivity contribution >= 4 is 46.4 Å². The Kier molecular flexibility index (Phi) is 7.24. The maximum Gasteiger partial charge on any atom is 0.263 e. The largest absolute Gasteiger partial charge is 0.359 e. The van der Waals surface area contributed by atoms with Gasteiger partial charge in [0.2, 0.25) is 0 Å². The first kappa shape index (κ1) is 16.6. The van der Waals surface area contributed by atoms with Crippen LogP contribution < -0.4 is 10.6 Å². The maximum absolute atomic E-state index is 11.7. The van der Waals surface area contributed by atoms with Crippen LogP contribution in [-0.2, 0) is 4.79 Å². The average Bonchev–Trinajstić information content (AvgIpc) is 2.43. The van der Waals surface area contributed by atoms with E-state index in [1.54, 1.807) is 18.2 Å². The Morgan fingerprint density at radius 2 is 2.15 bits per heavy atom. The van der Waals surface area contributed by atoms with E-state index in [2.05, 4.69) is 10.6 Å². The van der Waals surface area contributed by atoms with Crippen molar-refractivity contribution in [2.24, 2.45) is 0 Å². The number of hydrogen-bond acceptors (Lipinski definition) is 3. The van der Waals surface area contributed by atoms with E-state index in [0.717, 1.165) is 0 Å². The summed E-state index contributed by atoms with van der Waals surface area (Å²) < 4.78 is 0. The first-order valence-electron chi connectivity index (χ1n) is 5.74. The SMILES string of the molecule is N#C/C(=C/Nc1cc(Cl)ccc1Cl)C(=O)NCCCCl. The lowest BCUT2D eigenvalue weighted by Crippen LogP contribution is -2.26. The summed E-state index contributed by atoms with van der Waals surface area (Å²) in [6.45, 7) is 0.416. The number of carbonyl (C=O) groups is 1. The number of alkyl halides is 1. The van der Waals surface area contributed by atoms with Crippen LogP contribution in [0.2, 0.25) is 10.0 Å². The van der Waals surface area contributed by atoms with Crippen molar-refractivity contribution in [1.82, 2.24) is 5.32 Å². The Hall–Kier alpha value is -1.41. The normalized spacial score (nSPS) is 10.8. The summed E-state index contributed by atoms with van der Waals surface area (Å²) in [6.07, 6.45) is 1.92. The van der Waals surface area contributed by atoms with Crippen LogP contribution in [-0.4, -0.2) is 18.3 Å². The van der Waals surface area contributed by atoms with Gasteiger partial charge in [-0.05, 0) is 24.6 Å². The molecule has 0 saturated heterocycles. The summed E-state index contributed by atoms with van der Waals surface area (Å²) in [6, 6.07) is 6.67. The Labute approximate surface area is 132 Å². The highest BCUT2D eigenvalue weighted by Crippen LogP contribution is 2.25. The summed E-state index contributed by atoms with van der Waals surface area (Å²) in [7, 11) is 0. The molecule has 0 bridgehead atoms. The fourth-order valence-corrected chi connectivity index (χ4v) is 1.75. The van der Waals surface area contributed by atoms with Crippen LogP contribution in [0.5, 0.6) is 0 Å². The number of anilines is 1. The lowest BCUT2D eigenvalue weighted by molar-refractivity contribution is -0.117. The molecular weight excluding hydrogens is 321 g/mol. The minimum atomic E-state index is -0.469. The summed E-state index contributed by atoms with van der Waals surface area (Å²) >= 11 is 17.3. The minimum absolute atomic E-state index is 0.0596. The number of halogens is 3. The molecule has 20 heavy (non-hydrogen) atoms. The van der Waals surface area contributed by atoms with Gasteiger partial charge in [0.25, 0.3) is 5.91 Å². The predicted octanol–water partition coefficient (Wildman–Crippen LogP) is 3.56. The van der Waals surface area contributed by atoms with Gasteiger partial charge < -0.3 is 10.6 Å². The van der Waals surface area contributed by atoms with E-state index in [4.69, 9.17) is 40.1 Å². The first-order valence-corrected chi connectivity index (χ1v) is 7.03. The molecule has 2 N–H and O–H groups in total. The topological polar surface area (TPSA) is 64.9 Å². The molecule has 7 heteroatoms. The van der Waals surface area contributed by atoms with Gasteiger partial charge in [-0.25, -0.2) is 0 Å². The molecule has 0 aliphatic carbocycles. The molecular formula is C13H12Cl3N3O. The smallest absolute Gasteiger partial charge is 0.263 e. The van der Waals surface area contributed by atoms with Gasteiger partial charge in [-0.15, -0.1) is 11.6 Å². The molecule has 0 spiro atoms. The van der Waals surface area contributed by atoms with E-state index in [0.29, 0.717) is 34.6 Å². The van der Waals surface area contributed by atoms with E-state index in [-0.39, 0.29) is 5.57 Å². The van der Waals surface area contributed by atoms with Crippen LogP contribution in [0.25, 0.3) is 0 Å². The van der Waals surface area contributed by atoms with Crippen molar-refractivity contribution in [3.63, 3.8) is 0 Å². The molecule has 4 nitrogen and oxygen atoms in total. The molecule has 0 fully saturated rings. The summed E-state index contributed by atoms with van der Waals surface area (Å²) in [5.41, 5.74) is 0.455. The number of benzene rings is 1. The van der Waals surface area contributed by atoms with Crippen LogP contribution in [0.1, 0.15) is 6.42 Å². The lowest BCUT2D eigenvalue weighted by atomic mass is 10.2. The highest BCUT2D eigenvalue weighted by molar-refractivity contribution is 6.35. The third kappa shape index (κ3) is 5.30. The third-order valence-electron chi connectivity index (χ3n) is 2.26. The zero-order valence-electron chi connectivity index (χ0n) is 10.4. The van der Waals surface area contributed by atoms with Crippen molar-refractivity contribution in [3.8, 4) is 6.07 Å². The molecule has 0 radical (unpaired) electrons. The highest BCUT2D eigenvalue weighted by Gasteiger charge is 2.08. The Bertz CT molecular complexity index is 552. The monoisotopic (exact) mass is 331 g/mol. The molecule has 106 valence electrons. The molecule has 1 rings (SSSR count). The second-order valence-electron chi connectivity index (χ2n) is 3.74. The number of nitriles is 1. The zero-order valence-corrected chi connectivity index (χ0v) is 12.7. The highest BCUT2D eigenvalue weighted by atomic mass is 35.5. The van der Waals surface area contributed by atoms with Crippen molar-refractivity contribution in [2.75, 3.05) is 17.7 Å². The number of nitrogens with zero attached hydrogens (tertiary/aromatic N) is 1. The van der Waals surface area contributed by atoms with Gasteiger partial charge in [-0.1, -0.05) is 23.2 Å². The fraction of sp³-hybridized carbons (Fsp3) is 0.231. The Balaban J connectivity index is 2.73. The van der Waals surface area contributed by atoms with Gasteiger partial charge in [0.15, 0.2) is 0 Å². The van der Waals surface area contributed by atoms with Crippen LogP contribution >= 0.6 is 34.8 Å². The molecule has 0 saturated carbocycles. The summed E-state index contributed by atoms with van der Waals surface area (Å²) in [5, 5.41) is 15.3. The van der Waals surface area contributed by atoms with Crippen molar-refractivity contribution in [2.45, 2.75) is 6.42 Å². The zero-order chi connectivity index (χ0) is 15.0. The van der Waals surface area contributed by atoms with E-state index in [1.807, 2.05) is 6.07 Å². The molecule has 1 aromatic rings. The van der Waals surface area contributed by atoms with Gasteiger partial charge in [0.05, 0.1) is 10.7 Å². The lowest BCUT2D eigenvalue weighted by Gasteiger charge is -2.06. The van der Waals surface area contributed by atoms with Crippen molar-refractivity contribution < 1.29 is 4.79 Å². The van der Waals surface area contributed by atoms with Gasteiger partial charge >= 0.3 is 0 Å². The first-order chi connectivity index (χ1) is 9.58.